The standard InChI is InChI=1S/C12H12N2OS/c1-8-5-3-4-6-10(8)14-9(2)7-11(16)13-12(14)15/h3-7H,1-2H3,(H,13,15,16). The number of para-hydroxylation sites is 1. The third-order valence-electron chi connectivity index (χ3n) is 2.48. The van der Waals surface area contributed by atoms with Crippen molar-refractivity contribution in [3.05, 3.63) is 56.7 Å². The first-order chi connectivity index (χ1) is 7.59. The number of aromatic amines is 1. The highest BCUT2D eigenvalue weighted by Crippen LogP contribution is 2.12. The van der Waals surface area contributed by atoms with Gasteiger partial charge in [0.25, 0.3) is 0 Å². The molecule has 0 aliphatic rings. The number of aromatic nitrogens is 2. The van der Waals surface area contributed by atoms with E-state index in [2.05, 4.69) is 4.98 Å². The number of aryl methyl sites for hydroxylation is 2. The lowest BCUT2D eigenvalue weighted by molar-refractivity contribution is 0.860. The van der Waals surface area contributed by atoms with Crippen LogP contribution in [0.1, 0.15) is 11.3 Å². The number of benzene rings is 1. The van der Waals surface area contributed by atoms with Crippen LogP contribution in [0.15, 0.2) is 35.1 Å². The Bertz CT molecular complexity index is 640. The zero-order chi connectivity index (χ0) is 11.7. The molecule has 1 aromatic heterocycles. The van der Waals surface area contributed by atoms with Crippen molar-refractivity contribution in [1.29, 1.82) is 0 Å². The molecule has 0 radical (unpaired) electrons. The SMILES string of the molecule is Cc1ccccc1-n1c(C)cc(=S)[nH]c1=O. The topological polar surface area (TPSA) is 37.8 Å². The third-order valence-corrected chi connectivity index (χ3v) is 2.70. The number of hydrogen-bond donors (Lipinski definition) is 1. The maximum absolute atomic E-state index is 11.9. The van der Waals surface area contributed by atoms with Gasteiger partial charge in [0, 0.05) is 5.69 Å². The van der Waals surface area contributed by atoms with Crippen LogP contribution >= 0.6 is 12.2 Å². The van der Waals surface area contributed by atoms with Crippen molar-refractivity contribution in [3.63, 3.8) is 0 Å². The van der Waals surface area contributed by atoms with Crippen molar-refractivity contribution < 1.29 is 0 Å². The lowest BCUT2D eigenvalue weighted by atomic mass is 10.2. The van der Waals surface area contributed by atoms with Crippen LogP contribution in [0.2, 0.25) is 0 Å². The molecule has 1 N–H and O–H groups in total. The van der Waals surface area contributed by atoms with Crippen LogP contribution in [-0.2, 0) is 0 Å². The maximum Gasteiger partial charge on any atom is 0.331 e. The Kier molecular flexibility index (Phi) is 2.75. The highest BCUT2D eigenvalue weighted by molar-refractivity contribution is 7.71. The van der Waals surface area contributed by atoms with Crippen LogP contribution in [0.25, 0.3) is 5.69 Å². The molecule has 3 nitrogen and oxygen atoms in total. The zero-order valence-electron chi connectivity index (χ0n) is 9.15. The second kappa shape index (κ2) is 4.06. The molecule has 0 aliphatic carbocycles. The summed E-state index contributed by atoms with van der Waals surface area (Å²) in [6, 6.07) is 9.53. The van der Waals surface area contributed by atoms with Crippen LogP contribution in [0.5, 0.6) is 0 Å². The van der Waals surface area contributed by atoms with Gasteiger partial charge in [-0.05, 0) is 31.5 Å². The van der Waals surface area contributed by atoms with Crippen LogP contribution in [-0.4, -0.2) is 9.55 Å². The van der Waals surface area contributed by atoms with Crippen LogP contribution in [0.4, 0.5) is 0 Å². The molecule has 2 rings (SSSR count). The molecule has 82 valence electrons. The summed E-state index contributed by atoms with van der Waals surface area (Å²) in [5, 5.41) is 0. The van der Waals surface area contributed by atoms with Gasteiger partial charge in [-0.2, -0.15) is 0 Å². The summed E-state index contributed by atoms with van der Waals surface area (Å²) in [6.07, 6.45) is 0. The quantitative estimate of drug-likeness (QED) is 0.767. The van der Waals surface area contributed by atoms with Gasteiger partial charge in [0.05, 0.1) is 5.69 Å². The van der Waals surface area contributed by atoms with Crippen molar-refractivity contribution in [3.8, 4) is 5.69 Å². The van der Waals surface area contributed by atoms with Gasteiger partial charge in [0.15, 0.2) is 0 Å². The Hall–Kier alpha value is -1.68. The minimum absolute atomic E-state index is 0.195. The fourth-order valence-electron chi connectivity index (χ4n) is 1.73. The number of hydrogen-bond acceptors (Lipinski definition) is 2. The first kappa shape index (κ1) is 10.8. The molecule has 0 aliphatic heterocycles. The molecule has 0 atom stereocenters. The summed E-state index contributed by atoms with van der Waals surface area (Å²) < 4.78 is 2.10. The Morgan fingerprint density at radius 3 is 2.56 bits per heavy atom. The van der Waals surface area contributed by atoms with Gasteiger partial charge in [0.1, 0.15) is 4.64 Å². The summed E-state index contributed by atoms with van der Waals surface area (Å²) in [7, 11) is 0. The summed E-state index contributed by atoms with van der Waals surface area (Å²) >= 11 is 4.96. The van der Waals surface area contributed by atoms with E-state index in [0.717, 1.165) is 16.9 Å². The van der Waals surface area contributed by atoms with E-state index in [-0.39, 0.29) is 5.69 Å². The number of nitrogens with one attached hydrogen (secondary N) is 1. The first-order valence-corrected chi connectivity index (χ1v) is 5.39. The normalized spacial score (nSPS) is 10.4. The summed E-state index contributed by atoms with van der Waals surface area (Å²) in [5.41, 5.74) is 2.58. The van der Waals surface area contributed by atoms with E-state index in [9.17, 15) is 4.79 Å². The highest BCUT2D eigenvalue weighted by Gasteiger charge is 2.05. The predicted molar refractivity (Wildman–Crippen MR) is 66.7 cm³/mol. The van der Waals surface area contributed by atoms with E-state index in [0.29, 0.717) is 4.64 Å². The minimum atomic E-state index is -0.195. The first-order valence-electron chi connectivity index (χ1n) is 4.98. The molecule has 4 heteroatoms. The third kappa shape index (κ3) is 1.84. The van der Waals surface area contributed by atoms with E-state index in [1.165, 1.54) is 0 Å². The predicted octanol–water partition coefficient (Wildman–Crippen LogP) is 2.51. The van der Waals surface area contributed by atoms with E-state index in [1.54, 1.807) is 10.6 Å². The van der Waals surface area contributed by atoms with Gasteiger partial charge in [-0.15, -0.1) is 0 Å². The van der Waals surface area contributed by atoms with Gasteiger partial charge in [-0.1, -0.05) is 30.4 Å². The largest absolute Gasteiger partial charge is 0.331 e. The van der Waals surface area contributed by atoms with Crippen LogP contribution < -0.4 is 5.69 Å². The van der Waals surface area contributed by atoms with Crippen LogP contribution in [0, 0.1) is 18.5 Å². The molecule has 2 aromatic rings. The van der Waals surface area contributed by atoms with Crippen molar-refractivity contribution >= 4 is 12.2 Å². The molecule has 0 spiro atoms. The molecule has 0 saturated carbocycles. The molecule has 1 heterocycles. The fourth-order valence-corrected chi connectivity index (χ4v) is 1.98. The molecule has 0 unspecified atom stereocenters. The van der Waals surface area contributed by atoms with Crippen LogP contribution in [0.3, 0.4) is 0 Å². The fraction of sp³-hybridized carbons (Fsp3) is 0.167. The summed E-state index contributed by atoms with van der Waals surface area (Å²) in [5.74, 6) is 0. The Balaban J connectivity index is 2.80. The summed E-state index contributed by atoms with van der Waals surface area (Å²) in [4.78, 5) is 14.5. The molecule has 0 fully saturated rings. The van der Waals surface area contributed by atoms with Crippen molar-refractivity contribution in [2.75, 3.05) is 0 Å². The number of rotatable bonds is 1. The van der Waals surface area contributed by atoms with Gasteiger partial charge in [-0.25, -0.2) is 4.79 Å². The lowest BCUT2D eigenvalue weighted by Gasteiger charge is -2.11. The second-order valence-corrected chi connectivity index (χ2v) is 4.14. The van der Waals surface area contributed by atoms with E-state index in [4.69, 9.17) is 12.2 Å². The number of H-pyrrole nitrogens is 1. The zero-order valence-corrected chi connectivity index (χ0v) is 9.97. The smallest absolute Gasteiger partial charge is 0.298 e. The van der Waals surface area contributed by atoms with Gasteiger partial charge in [0.2, 0.25) is 0 Å². The second-order valence-electron chi connectivity index (χ2n) is 3.70. The van der Waals surface area contributed by atoms with Crippen molar-refractivity contribution in [2.45, 2.75) is 13.8 Å². The Labute approximate surface area is 98.4 Å². The van der Waals surface area contributed by atoms with Crippen molar-refractivity contribution in [1.82, 2.24) is 9.55 Å². The lowest BCUT2D eigenvalue weighted by Crippen LogP contribution is -2.23. The monoisotopic (exact) mass is 232 g/mol. The minimum Gasteiger partial charge on any atom is -0.298 e. The van der Waals surface area contributed by atoms with Crippen molar-refractivity contribution in [2.24, 2.45) is 0 Å². The van der Waals surface area contributed by atoms with E-state index < -0.39 is 0 Å². The van der Waals surface area contributed by atoms with Gasteiger partial charge in [-0.3, -0.25) is 9.55 Å². The summed E-state index contributed by atoms with van der Waals surface area (Å²) in [6.45, 7) is 3.85. The molecular formula is C12H12N2OS. The average Bonchev–Trinajstić information content (AvgIpc) is 2.19. The number of nitrogens with zero attached hydrogens (tertiary/aromatic N) is 1. The Morgan fingerprint density at radius 2 is 1.94 bits per heavy atom. The van der Waals surface area contributed by atoms with Gasteiger partial charge < -0.3 is 0 Å². The van der Waals surface area contributed by atoms with E-state index >= 15 is 0 Å². The average molecular weight is 232 g/mol. The molecule has 0 saturated heterocycles. The molecule has 16 heavy (non-hydrogen) atoms. The molecular weight excluding hydrogens is 220 g/mol. The van der Waals surface area contributed by atoms with E-state index in [1.807, 2.05) is 38.1 Å². The molecule has 0 amide bonds. The molecule has 0 bridgehead atoms. The maximum atomic E-state index is 11.9. The molecule has 1 aromatic carbocycles. The highest BCUT2D eigenvalue weighted by atomic mass is 32.1. The van der Waals surface area contributed by atoms with Gasteiger partial charge >= 0.3 is 5.69 Å². The Morgan fingerprint density at radius 1 is 1.25 bits per heavy atom.